The molecule has 6 heteroatoms. The van der Waals surface area contributed by atoms with Crippen LogP contribution in [0.2, 0.25) is 0 Å². The number of hydrogen-bond acceptors (Lipinski definition) is 5. The molecule has 1 aliphatic rings. The molecule has 0 aromatic carbocycles. The van der Waals surface area contributed by atoms with Gasteiger partial charge in [-0.3, -0.25) is 4.79 Å². The summed E-state index contributed by atoms with van der Waals surface area (Å²) in [6.45, 7) is 5.14. The smallest absolute Gasteiger partial charge is 0.317 e. The third-order valence-electron chi connectivity index (χ3n) is 3.40. The molecular formula is C15H17N3O2S. The van der Waals surface area contributed by atoms with Crippen LogP contribution in [0, 0.1) is 13.8 Å². The molecule has 1 amide bonds. The number of carbonyl (C=O) groups is 1. The zero-order valence-electron chi connectivity index (χ0n) is 12.1. The number of likely N-dealkylation sites (tertiary alicyclic amines) is 1. The van der Waals surface area contributed by atoms with Gasteiger partial charge in [-0.15, -0.1) is 11.3 Å². The maximum atomic E-state index is 12.3. The predicted molar refractivity (Wildman–Crippen MR) is 80.8 cm³/mol. The van der Waals surface area contributed by atoms with Crippen molar-refractivity contribution < 1.29 is 9.53 Å². The molecule has 1 fully saturated rings. The van der Waals surface area contributed by atoms with Crippen molar-refractivity contribution >= 4 is 17.2 Å². The van der Waals surface area contributed by atoms with Gasteiger partial charge in [0.1, 0.15) is 6.10 Å². The molecule has 21 heavy (non-hydrogen) atoms. The van der Waals surface area contributed by atoms with E-state index in [2.05, 4.69) is 9.97 Å². The highest BCUT2D eigenvalue weighted by molar-refractivity contribution is 7.12. The molecule has 1 unspecified atom stereocenters. The molecule has 0 N–H and O–H groups in total. The summed E-state index contributed by atoms with van der Waals surface area (Å²) in [5.74, 6) is 0.0810. The second-order valence-corrected chi connectivity index (χ2v) is 6.14. The van der Waals surface area contributed by atoms with Gasteiger partial charge in [0.2, 0.25) is 0 Å². The van der Waals surface area contributed by atoms with Gasteiger partial charge in [-0.25, -0.2) is 9.97 Å². The van der Waals surface area contributed by atoms with Crippen molar-refractivity contribution in [3.8, 4) is 6.01 Å². The molecule has 1 atom stereocenters. The van der Waals surface area contributed by atoms with Crippen molar-refractivity contribution in [2.45, 2.75) is 26.4 Å². The van der Waals surface area contributed by atoms with Gasteiger partial charge in [0, 0.05) is 24.4 Å². The van der Waals surface area contributed by atoms with E-state index in [9.17, 15) is 4.79 Å². The van der Waals surface area contributed by atoms with Crippen molar-refractivity contribution in [2.75, 3.05) is 13.1 Å². The van der Waals surface area contributed by atoms with Gasteiger partial charge in [-0.1, -0.05) is 6.07 Å². The van der Waals surface area contributed by atoms with Crippen LogP contribution in [0.4, 0.5) is 0 Å². The first-order valence-electron chi connectivity index (χ1n) is 6.93. The normalized spacial score (nSPS) is 18.0. The maximum Gasteiger partial charge on any atom is 0.317 e. The minimum Gasteiger partial charge on any atom is -0.458 e. The Morgan fingerprint density at radius 2 is 2.14 bits per heavy atom. The molecule has 0 radical (unpaired) electrons. The fourth-order valence-electron chi connectivity index (χ4n) is 2.46. The highest BCUT2D eigenvalue weighted by Crippen LogP contribution is 2.20. The summed E-state index contributed by atoms with van der Waals surface area (Å²) in [6, 6.07) is 6.07. The molecule has 3 heterocycles. The molecule has 110 valence electrons. The largest absolute Gasteiger partial charge is 0.458 e. The van der Waals surface area contributed by atoms with Crippen LogP contribution in [0.5, 0.6) is 6.01 Å². The first-order valence-corrected chi connectivity index (χ1v) is 7.81. The zero-order valence-corrected chi connectivity index (χ0v) is 12.9. The highest BCUT2D eigenvalue weighted by atomic mass is 32.1. The fourth-order valence-corrected chi connectivity index (χ4v) is 3.15. The van der Waals surface area contributed by atoms with E-state index < -0.39 is 0 Å². The summed E-state index contributed by atoms with van der Waals surface area (Å²) in [4.78, 5) is 23.4. The van der Waals surface area contributed by atoms with Gasteiger partial charge < -0.3 is 9.64 Å². The molecule has 2 aromatic rings. The molecule has 0 saturated carbocycles. The van der Waals surface area contributed by atoms with Crippen LogP contribution in [0.25, 0.3) is 0 Å². The lowest BCUT2D eigenvalue weighted by Crippen LogP contribution is -2.30. The van der Waals surface area contributed by atoms with Gasteiger partial charge in [0.15, 0.2) is 0 Å². The molecule has 0 spiro atoms. The number of aromatic nitrogens is 2. The van der Waals surface area contributed by atoms with Crippen LogP contribution >= 0.6 is 11.3 Å². The van der Waals surface area contributed by atoms with Crippen LogP contribution in [-0.4, -0.2) is 40.0 Å². The second kappa shape index (κ2) is 5.81. The molecular weight excluding hydrogens is 286 g/mol. The average molecular weight is 303 g/mol. The van der Waals surface area contributed by atoms with Crippen LogP contribution in [-0.2, 0) is 0 Å². The summed E-state index contributed by atoms with van der Waals surface area (Å²) in [7, 11) is 0. The van der Waals surface area contributed by atoms with Crippen molar-refractivity contribution in [2.24, 2.45) is 0 Å². The lowest BCUT2D eigenvalue weighted by molar-refractivity contribution is 0.0774. The number of nitrogens with zero attached hydrogens (tertiary/aromatic N) is 3. The van der Waals surface area contributed by atoms with Gasteiger partial charge in [0.25, 0.3) is 5.91 Å². The SMILES string of the molecule is Cc1cc(C)nc(OC2CCN(C(=O)c3cccs3)C2)n1. The summed E-state index contributed by atoms with van der Waals surface area (Å²) < 4.78 is 5.82. The lowest BCUT2D eigenvalue weighted by Gasteiger charge is -2.16. The summed E-state index contributed by atoms with van der Waals surface area (Å²) in [5.41, 5.74) is 1.78. The van der Waals surface area contributed by atoms with Gasteiger partial charge in [-0.05, 0) is 31.4 Å². The average Bonchev–Trinajstić information content (AvgIpc) is 3.07. The van der Waals surface area contributed by atoms with Gasteiger partial charge in [0.05, 0.1) is 11.4 Å². The highest BCUT2D eigenvalue weighted by Gasteiger charge is 2.29. The van der Waals surface area contributed by atoms with Crippen LogP contribution < -0.4 is 4.74 Å². The van der Waals surface area contributed by atoms with E-state index in [4.69, 9.17) is 4.74 Å². The van der Waals surface area contributed by atoms with Crippen LogP contribution in [0.3, 0.4) is 0 Å². The van der Waals surface area contributed by atoms with Crippen molar-refractivity contribution in [3.05, 3.63) is 39.8 Å². The molecule has 5 nitrogen and oxygen atoms in total. The van der Waals surface area contributed by atoms with E-state index >= 15 is 0 Å². The standard InChI is InChI=1S/C15H17N3O2S/c1-10-8-11(2)17-15(16-10)20-12-5-6-18(9-12)14(19)13-4-3-7-21-13/h3-4,7-8,12H,5-6,9H2,1-2H3. The van der Waals surface area contributed by atoms with E-state index in [1.807, 2.05) is 42.3 Å². The Hall–Kier alpha value is -1.95. The molecule has 0 aliphatic carbocycles. The first-order chi connectivity index (χ1) is 10.1. The molecule has 0 bridgehead atoms. The van der Waals surface area contributed by atoms with Crippen LogP contribution in [0.1, 0.15) is 27.5 Å². The summed E-state index contributed by atoms with van der Waals surface area (Å²) in [6.07, 6.45) is 0.781. The number of amides is 1. The third kappa shape index (κ3) is 3.21. The molecule has 3 rings (SSSR count). The number of thiophene rings is 1. The van der Waals surface area contributed by atoms with E-state index in [0.29, 0.717) is 19.1 Å². The Kier molecular flexibility index (Phi) is 3.88. The summed E-state index contributed by atoms with van der Waals surface area (Å²) >= 11 is 1.47. The molecule has 1 aliphatic heterocycles. The lowest BCUT2D eigenvalue weighted by atomic mass is 10.3. The Morgan fingerprint density at radius 3 is 2.81 bits per heavy atom. The Morgan fingerprint density at radius 1 is 1.38 bits per heavy atom. The van der Waals surface area contributed by atoms with Crippen LogP contribution in [0.15, 0.2) is 23.6 Å². The quantitative estimate of drug-likeness (QED) is 0.874. The van der Waals surface area contributed by atoms with E-state index in [0.717, 1.165) is 22.7 Å². The predicted octanol–water partition coefficient (Wildman–Crippen LogP) is 2.45. The van der Waals surface area contributed by atoms with Crippen molar-refractivity contribution in [1.29, 1.82) is 0 Å². The van der Waals surface area contributed by atoms with E-state index in [1.54, 1.807) is 0 Å². The summed E-state index contributed by atoms with van der Waals surface area (Å²) in [5, 5.41) is 1.92. The van der Waals surface area contributed by atoms with Crippen molar-refractivity contribution in [1.82, 2.24) is 14.9 Å². The minimum absolute atomic E-state index is 0.0323. The van der Waals surface area contributed by atoms with Crippen molar-refractivity contribution in [3.63, 3.8) is 0 Å². The van der Waals surface area contributed by atoms with Gasteiger partial charge in [-0.2, -0.15) is 0 Å². The molecule has 2 aromatic heterocycles. The maximum absolute atomic E-state index is 12.3. The number of rotatable bonds is 3. The zero-order chi connectivity index (χ0) is 14.8. The minimum atomic E-state index is -0.0323. The number of carbonyl (C=O) groups excluding carboxylic acids is 1. The number of ether oxygens (including phenoxy) is 1. The number of hydrogen-bond donors (Lipinski definition) is 0. The monoisotopic (exact) mass is 303 g/mol. The third-order valence-corrected chi connectivity index (χ3v) is 4.26. The van der Waals surface area contributed by atoms with E-state index in [1.165, 1.54) is 11.3 Å². The Labute approximate surface area is 127 Å². The Bertz CT molecular complexity index is 622. The second-order valence-electron chi connectivity index (χ2n) is 5.19. The Balaban J connectivity index is 1.63. The van der Waals surface area contributed by atoms with E-state index in [-0.39, 0.29) is 12.0 Å². The topological polar surface area (TPSA) is 55.3 Å². The first kappa shape index (κ1) is 14.0. The van der Waals surface area contributed by atoms with Gasteiger partial charge >= 0.3 is 6.01 Å². The number of aryl methyl sites for hydroxylation is 2. The molecule has 1 saturated heterocycles. The fraction of sp³-hybridized carbons (Fsp3) is 0.400.